The van der Waals surface area contributed by atoms with Crippen molar-refractivity contribution in [2.75, 3.05) is 0 Å². The lowest BCUT2D eigenvalue weighted by Gasteiger charge is -2.12. The molecule has 0 heterocycles. The Hall–Kier alpha value is -0.680. The van der Waals surface area contributed by atoms with Crippen LogP contribution in [0.15, 0.2) is 36.4 Å². The molecule has 0 aromatic heterocycles. The first-order valence-corrected chi connectivity index (χ1v) is 6.85. The van der Waals surface area contributed by atoms with Crippen LogP contribution in [0.2, 0.25) is 0 Å². The van der Waals surface area contributed by atoms with Crippen LogP contribution in [0.3, 0.4) is 0 Å². The van der Waals surface area contributed by atoms with Gasteiger partial charge in [-0.15, -0.1) is 11.6 Å². The molecule has 0 aliphatic carbocycles. The summed E-state index contributed by atoms with van der Waals surface area (Å²) < 4.78 is 28.3. The summed E-state index contributed by atoms with van der Waals surface area (Å²) in [6, 6.07) is 9.74. The molecule has 94 valence electrons. The van der Waals surface area contributed by atoms with Gasteiger partial charge in [-0.3, -0.25) is 0 Å². The lowest BCUT2D eigenvalue weighted by Crippen LogP contribution is -1.99. The van der Waals surface area contributed by atoms with E-state index in [-0.39, 0.29) is 11.1 Å². The van der Waals surface area contributed by atoms with Crippen LogP contribution in [0.1, 0.15) is 22.1 Å². The molecule has 0 fully saturated rings. The minimum Gasteiger partial charge on any atom is -0.207 e. The third-order valence-corrected chi connectivity index (χ3v) is 3.92. The van der Waals surface area contributed by atoms with E-state index in [0.717, 1.165) is 9.13 Å². The second-order valence-corrected chi connectivity index (χ2v) is 5.72. The topological polar surface area (TPSA) is 0 Å². The summed E-state index contributed by atoms with van der Waals surface area (Å²) in [7, 11) is 0. The van der Waals surface area contributed by atoms with Crippen LogP contribution >= 0.6 is 34.2 Å². The minimum atomic E-state index is -0.683. The van der Waals surface area contributed by atoms with E-state index >= 15 is 0 Å². The minimum absolute atomic E-state index is 0.168. The Kier molecular flexibility index (Phi) is 4.22. The van der Waals surface area contributed by atoms with Crippen molar-refractivity contribution in [1.82, 2.24) is 0 Å². The predicted molar refractivity (Wildman–Crippen MR) is 78.0 cm³/mol. The van der Waals surface area contributed by atoms with Crippen LogP contribution in [0.5, 0.6) is 0 Å². The van der Waals surface area contributed by atoms with E-state index in [0.29, 0.717) is 0 Å². The lowest BCUT2D eigenvalue weighted by atomic mass is 10.0. The number of rotatable bonds is 2. The first-order valence-electron chi connectivity index (χ1n) is 5.34. The lowest BCUT2D eigenvalue weighted by molar-refractivity contribution is 0.580. The number of alkyl halides is 1. The summed E-state index contributed by atoms with van der Waals surface area (Å²) in [5.41, 5.74) is 1.20. The highest BCUT2D eigenvalue weighted by Gasteiger charge is 2.17. The molecule has 1 unspecified atom stereocenters. The van der Waals surface area contributed by atoms with Crippen LogP contribution in [0, 0.1) is 22.1 Å². The molecule has 18 heavy (non-hydrogen) atoms. The van der Waals surface area contributed by atoms with E-state index in [1.54, 1.807) is 0 Å². The molecule has 0 amide bonds. The molecular weight excluding hydrogens is 369 g/mol. The van der Waals surface area contributed by atoms with Crippen LogP contribution < -0.4 is 0 Å². The van der Waals surface area contributed by atoms with Gasteiger partial charge < -0.3 is 0 Å². The molecular formula is C14H10ClF2I. The Bertz CT molecular complexity index is 567. The Balaban J connectivity index is 2.42. The smallest absolute Gasteiger partial charge is 0.128 e. The molecule has 2 aromatic carbocycles. The molecule has 4 heteroatoms. The number of halogens is 4. The summed E-state index contributed by atoms with van der Waals surface area (Å²) in [4.78, 5) is 0. The maximum absolute atomic E-state index is 13.8. The van der Waals surface area contributed by atoms with Gasteiger partial charge >= 0.3 is 0 Å². The summed E-state index contributed by atoms with van der Waals surface area (Å²) in [6.45, 7) is 1.52. The van der Waals surface area contributed by atoms with Crippen LogP contribution in [0.4, 0.5) is 8.78 Å². The van der Waals surface area contributed by atoms with Crippen molar-refractivity contribution in [3.05, 3.63) is 68.3 Å². The highest BCUT2D eigenvalue weighted by Crippen LogP contribution is 2.32. The van der Waals surface area contributed by atoms with Crippen molar-refractivity contribution in [3.63, 3.8) is 0 Å². The number of benzene rings is 2. The fraction of sp³-hybridized carbons (Fsp3) is 0.143. The van der Waals surface area contributed by atoms with E-state index < -0.39 is 17.0 Å². The van der Waals surface area contributed by atoms with E-state index in [4.69, 9.17) is 11.6 Å². The predicted octanol–water partition coefficient (Wildman–Crippen LogP) is 5.21. The summed E-state index contributed by atoms with van der Waals surface area (Å²) in [5.74, 6) is -0.921. The molecule has 0 aliphatic heterocycles. The average molecular weight is 379 g/mol. The first kappa shape index (κ1) is 13.7. The van der Waals surface area contributed by atoms with Gasteiger partial charge in [0.1, 0.15) is 11.6 Å². The zero-order chi connectivity index (χ0) is 13.3. The largest absolute Gasteiger partial charge is 0.207 e. The van der Waals surface area contributed by atoms with Crippen molar-refractivity contribution in [2.45, 2.75) is 12.3 Å². The quantitative estimate of drug-likeness (QED) is 0.497. The first-order chi connectivity index (χ1) is 8.49. The number of aryl methyl sites for hydroxylation is 1. The molecule has 0 spiro atoms. The second-order valence-electron chi connectivity index (χ2n) is 4.04. The molecule has 2 rings (SSSR count). The summed E-state index contributed by atoms with van der Waals surface area (Å²) >= 11 is 8.38. The van der Waals surface area contributed by atoms with Crippen LogP contribution in [-0.4, -0.2) is 0 Å². The van der Waals surface area contributed by atoms with Gasteiger partial charge in [0.05, 0.1) is 5.38 Å². The van der Waals surface area contributed by atoms with Crippen LogP contribution in [0.25, 0.3) is 0 Å². The molecule has 0 bridgehead atoms. The molecule has 1 atom stereocenters. The summed E-state index contributed by atoms with van der Waals surface area (Å²) in [6.07, 6.45) is 0. The number of hydrogen-bond acceptors (Lipinski definition) is 0. The van der Waals surface area contributed by atoms with Gasteiger partial charge in [-0.2, -0.15) is 0 Å². The SMILES string of the molecule is Cc1cc(F)c(C(Cl)c2ccc(I)cc2)cc1F. The van der Waals surface area contributed by atoms with Crippen molar-refractivity contribution < 1.29 is 8.78 Å². The van der Waals surface area contributed by atoms with Crippen molar-refractivity contribution >= 4 is 34.2 Å². The normalized spacial score (nSPS) is 12.5. The monoisotopic (exact) mass is 378 g/mol. The number of hydrogen-bond donors (Lipinski definition) is 0. The van der Waals surface area contributed by atoms with Gasteiger partial charge in [0.15, 0.2) is 0 Å². The molecule has 0 saturated heterocycles. The van der Waals surface area contributed by atoms with E-state index in [9.17, 15) is 8.78 Å². The van der Waals surface area contributed by atoms with Crippen molar-refractivity contribution in [3.8, 4) is 0 Å². The zero-order valence-corrected chi connectivity index (χ0v) is 12.5. The fourth-order valence-electron chi connectivity index (χ4n) is 1.67. The Morgan fingerprint density at radius 3 is 2.28 bits per heavy atom. The van der Waals surface area contributed by atoms with Crippen molar-refractivity contribution in [1.29, 1.82) is 0 Å². The van der Waals surface area contributed by atoms with Crippen LogP contribution in [-0.2, 0) is 0 Å². The Morgan fingerprint density at radius 1 is 1.06 bits per heavy atom. The Morgan fingerprint density at radius 2 is 1.67 bits per heavy atom. The highest BCUT2D eigenvalue weighted by molar-refractivity contribution is 14.1. The highest BCUT2D eigenvalue weighted by atomic mass is 127. The molecule has 0 aliphatic rings. The van der Waals surface area contributed by atoms with Gasteiger partial charge in [-0.25, -0.2) is 8.78 Å². The van der Waals surface area contributed by atoms with E-state index in [1.165, 1.54) is 19.1 Å². The van der Waals surface area contributed by atoms with E-state index in [2.05, 4.69) is 22.6 Å². The average Bonchev–Trinajstić information content (AvgIpc) is 2.34. The second kappa shape index (κ2) is 5.53. The molecule has 2 aromatic rings. The molecule has 0 N–H and O–H groups in total. The molecule has 0 radical (unpaired) electrons. The molecule has 0 nitrogen and oxygen atoms in total. The standard InChI is InChI=1S/C14H10ClF2I/c1-8-6-13(17)11(7-12(8)16)14(15)9-2-4-10(18)5-3-9/h2-7,14H,1H3. The van der Waals surface area contributed by atoms with Gasteiger partial charge in [0, 0.05) is 9.13 Å². The third-order valence-electron chi connectivity index (χ3n) is 2.71. The van der Waals surface area contributed by atoms with Gasteiger partial charge in [-0.1, -0.05) is 12.1 Å². The van der Waals surface area contributed by atoms with Gasteiger partial charge in [0.25, 0.3) is 0 Å². The fourth-order valence-corrected chi connectivity index (χ4v) is 2.34. The summed E-state index contributed by atoms with van der Waals surface area (Å²) in [5, 5.41) is -0.683. The zero-order valence-electron chi connectivity index (χ0n) is 9.55. The maximum atomic E-state index is 13.8. The molecule has 0 saturated carbocycles. The van der Waals surface area contributed by atoms with Gasteiger partial charge in [0.2, 0.25) is 0 Å². The van der Waals surface area contributed by atoms with E-state index in [1.807, 2.05) is 24.3 Å². The Labute approximate surface area is 123 Å². The maximum Gasteiger partial charge on any atom is 0.128 e. The third kappa shape index (κ3) is 2.83. The van der Waals surface area contributed by atoms with Crippen molar-refractivity contribution in [2.24, 2.45) is 0 Å². The van der Waals surface area contributed by atoms with Gasteiger partial charge in [-0.05, 0) is 64.9 Å².